The second-order valence-corrected chi connectivity index (χ2v) is 5.64. The maximum atomic E-state index is 12.5. The van der Waals surface area contributed by atoms with E-state index in [9.17, 15) is 9.59 Å². The normalized spacial score (nSPS) is 18.2. The first kappa shape index (κ1) is 15.8. The molecule has 0 saturated carbocycles. The molecule has 1 atom stereocenters. The zero-order valence-electron chi connectivity index (χ0n) is 11.8. The van der Waals surface area contributed by atoms with Crippen LogP contribution in [0.25, 0.3) is 0 Å². The molecule has 0 radical (unpaired) electrons. The number of rotatable bonds is 3. The highest BCUT2D eigenvalue weighted by atomic mass is 79.9. The molecule has 114 valence electrons. The van der Waals surface area contributed by atoms with Crippen molar-refractivity contribution in [3.8, 4) is 0 Å². The molecule has 1 fully saturated rings. The Hall–Kier alpha value is -1.63. The average Bonchev–Trinajstić information content (AvgIpc) is 2.47. The first-order valence-electron chi connectivity index (χ1n) is 6.95. The molecule has 0 aromatic carbocycles. The summed E-state index contributed by atoms with van der Waals surface area (Å²) < 4.78 is 5.55. The number of hydrogen-bond donors (Lipinski definition) is 1. The molecule has 0 aliphatic carbocycles. The Morgan fingerprint density at radius 2 is 2.38 bits per heavy atom. The van der Waals surface area contributed by atoms with Gasteiger partial charge in [-0.1, -0.05) is 0 Å². The number of likely N-dealkylation sites (tertiary alicyclic amines) is 1. The SMILES string of the molecule is CCOC(=O)NC1CCCN(C(=O)c2ncccc2Br)C1. The quantitative estimate of drug-likeness (QED) is 0.901. The van der Waals surface area contributed by atoms with E-state index >= 15 is 0 Å². The zero-order valence-corrected chi connectivity index (χ0v) is 13.4. The van der Waals surface area contributed by atoms with Crippen molar-refractivity contribution in [3.05, 3.63) is 28.5 Å². The molecule has 2 heterocycles. The summed E-state index contributed by atoms with van der Waals surface area (Å²) in [5.74, 6) is -0.127. The third-order valence-corrected chi connectivity index (χ3v) is 3.91. The molecule has 1 saturated heterocycles. The second kappa shape index (κ2) is 7.40. The van der Waals surface area contributed by atoms with Crippen LogP contribution in [-0.2, 0) is 4.74 Å². The summed E-state index contributed by atoms with van der Waals surface area (Å²) in [6.07, 6.45) is 2.84. The number of nitrogens with zero attached hydrogens (tertiary/aromatic N) is 2. The van der Waals surface area contributed by atoms with E-state index in [0.717, 1.165) is 12.8 Å². The molecule has 0 bridgehead atoms. The standard InChI is InChI=1S/C14H18BrN3O3/c1-2-21-14(20)17-10-5-4-8-18(9-10)13(19)12-11(15)6-3-7-16-12/h3,6-7,10H,2,4-5,8-9H2,1H3,(H,17,20). The van der Waals surface area contributed by atoms with E-state index in [1.165, 1.54) is 0 Å². The number of carbonyl (C=O) groups excluding carboxylic acids is 2. The van der Waals surface area contributed by atoms with Gasteiger partial charge in [-0.15, -0.1) is 0 Å². The van der Waals surface area contributed by atoms with Crippen molar-refractivity contribution in [1.29, 1.82) is 0 Å². The number of ether oxygens (including phenoxy) is 1. The Morgan fingerprint density at radius 1 is 1.57 bits per heavy atom. The summed E-state index contributed by atoms with van der Waals surface area (Å²) in [7, 11) is 0. The van der Waals surface area contributed by atoms with Crippen LogP contribution < -0.4 is 5.32 Å². The van der Waals surface area contributed by atoms with E-state index < -0.39 is 6.09 Å². The minimum atomic E-state index is -0.434. The molecule has 6 nitrogen and oxygen atoms in total. The summed E-state index contributed by atoms with van der Waals surface area (Å²) in [5.41, 5.74) is 0.397. The first-order chi connectivity index (χ1) is 10.1. The largest absolute Gasteiger partial charge is 0.450 e. The minimum absolute atomic E-state index is 0.0794. The number of aromatic nitrogens is 1. The lowest BCUT2D eigenvalue weighted by atomic mass is 10.1. The predicted molar refractivity (Wildman–Crippen MR) is 81.0 cm³/mol. The monoisotopic (exact) mass is 355 g/mol. The van der Waals surface area contributed by atoms with Gasteiger partial charge in [0.05, 0.1) is 6.61 Å². The highest BCUT2D eigenvalue weighted by molar-refractivity contribution is 9.10. The maximum absolute atomic E-state index is 12.5. The Labute approximate surface area is 132 Å². The van der Waals surface area contributed by atoms with Crippen LogP contribution in [0.5, 0.6) is 0 Å². The maximum Gasteiger partial charge on any atom is 0.407 e. The van der Waals surface area contributed by atoms with Crippen molar-refractivity contribution in [1.82, 2.24) is 15.2 Å². The van der Waals surface area contributed by atoms with Crippen LogP contribution in [0.4, 0.5) is 4.79 Å². The molecular weight excluding hydrogens is 338 g/mol. The average molecular weight is 356 g/mol. The molecule has 2 rings (SSSR count). The van der Waals surface area contributed by atoms with Crippen molar-refractivity contribution >= 4 is 27.9 Å². The predicted octanol–water partition coefficient (Wildman–Crippen LogP) is 2.19. The van der Waals surface area contributed by atoms with Crippen LogP contribution in [0, 0.1) is 0 Å². The van der Waals surface area contributed by atoms with Gasteiger partial charge >= 0.3 is 6.09 Å². The van der Waals surface area contributed by atoms with E-state index in [1.807, 2.05) is 0 Å². The molecule has 1 aromatic heterocycles. The van der Waals surface area contributed by atoms with Crippen LogP contribution >= 0.6 is 15.9 Å². The van der Waals surface area contributed by atoms with Gasteiger partial charge in [0.2, 0.25) is 0 Å². The summed E-state index contributed by atoms with van der Waals surface area (Å²) >= 11 is 3.34. The van der Waals surface area contributed by atoms with Crippen molar-refractivity contribution in [2.24, 2.45) is 0 Å². The van der Waals surface area contributed by atoms with Crippen LogP contribution in [0.2, 0.25) is 0 Å². The van der Waals surface area contributed by atoms with Crippen molar-refractivity contribution in [2.75, 3.05) is 19.7 Å². The lowest BCUT2D eigenvalue weighted by Gasteiger charge is -2.32. The fraction of sp³-hybridized carbons (Fsp3) is 0.500. The molecule has 1 N–H and O–H groups in total. The van der Waals surface area contributed by atoms with Crippen molar-refractivity contribution < 1.29 is 14.3 Å². The Bertz CT molecular complexity index is 524. The zero-order chi connectivity index (χ0) is 15.2. The Kier molecular flexibility index (Phi) is 5.55. The number of amides is 2. The van der Waals surface area contributed by atoms with Gasteiger partial charge in [0.15, 0.2) is 0 Å². The van der Waals surface area contributed by atoms with Crippen LogP contribution in [0.1, 0.15) is 30.3 Å². The molecule has 1 aromatic rings. The molecule has 2 amide bonds. The van der Waals surface area contributed by atoms with Gasteiger partial charge in [-0.2, -0.15) is 0 Å². The van der Waals surface area contributed by atoms with E-state index in [2.05, 4.69) is 26.2 Å². The molecule has 1 unspecified atom stereocenters. The second-order valence-electron chi connectivity index (χ2n) is 4.79. The van der Waals surface area contributed by atoms with E-state index in [0.29, 0.717) is 29.9 Å². The smallest absolute Gasteiger partial charge is 0.407 e. The highest BCUT2D eigenvalue weighted by Crippen LogP contribution is 2.18. The molecule has 0 spiro atoms. The van der Waals surface area contributed by atoms with Gasteiger partial charge in [0.25, 0.3) is 5.91 Å². The van der Waals surface area contributed by atoms with E-state index in [1.54, 1.807) is 30.2 Å². The van der Waals surface area contributed by atoms with Crippen LogP contribution in [0.3, 0.4) is 0 Å². The number of alkyl carbamates (subject to hydrolysis) is 1. The van der Waals surface area contributed by atoms with E-state index in [-0.39, 0.29) is 11.9 Å². The Balaban J connectivity index is 1.99. The fourth-order valence-corrected chi connectivity index (χ4v) is 2.74. The van der Waals surface area contributed by atoms with Crippen LogP contribution in [0.15, 0.2) is 22.8 Å². The molecular formula is C14H18BrN3O3. The van der Waals surface area contributed by atoms with Crippen LogP contribution in [-0.4, -0.2) is 47.6 Å². The van der Waals surface area contributed by atoms with Gasteiger partial charge in [-0.05, 0) is 47.8 Å². The fourth-order valence-electron chi connectivity index (χ4n) is 2.31. The first-order valence-corrected chi connectivity index (χ1v) is 7.74. The third-order valence-electron chi connectivity index (χ3n) is 3.27. The van der Waals surface area contributed by atoms with Gasteiger partial charge in [0.1, 0.15) is 5.69 Å². The van der Waals surface area contributed by atoms with Gasteiger partial charge in [0, 0.05) is 29.8 Å². The number of pyridine rings is 1. The van der Waals surface area contributed by atoms with Gasteiger partial charge < -0.3 is 15.0 Å². The highest BCUT2D eigenvalue weighted by Gasteiger charge is 2.27. The van der Waals surface area contributed by atoms with Gasteiger partial charge in [-0.25, -0.2) is 9.78 Å². The molecule has 1 aliphatic rings. The number of nitrogens with one attached hydrogen (secondary N) is 1. The Morgan fingerprint density at radius 3 is 3.10 bits per heavy atom. The summed E-state index contributed by atoms with van der Waals surface area (Å²) in [6.45, 7) is 3.24. The lowest BCUT2D eigenvalue weighted by molar-refractivity contribution is 0.0679. The summed E-state index contributed by atoms with van der Waals surface area (Å²) in [5, 5.41) is 2.78. The number of hydrogen-bond acceptors (Lipinski definition) is 4. The summed E-state index contributed by atoms with van der Waals surface area (Å²) in [4.78, 5) is 29.8. The van der Waals surface area contributed by atoms with Crippen molar-refractivity contribution in [2.45, 2.75) is 25.8 Å². The number of halogens is 1. The number of piperidine rings is 1. The molecule has 1 aliphatic heterocycles. The minimum Gasteiger partial charge on any atom is -0.450 e. The molecule has 21 heavy (non-hydrogen) atoms. The lowest BCUT2D eigenvalue weighted by Crippen LogP contribution is -2.49. The summed E-state index contributed by atoms with van der Waals surface area (Å²) in [6, 6.07) is 3.48. The third kappa shape index (κ3) is 4.17. The topological polar surface area (TPSA) is 71.5 Å². The van der Waals surface area contributed by atoms with Gasteiger partial charge in [-0.3, -0.25) is 4.79 Å². The van der Waals surface area contributed by atoms with Crippen molar-refractivity contribution in [3.63, 3.8) is 0 Å². The molecule has 7 heteroatoms. The number of carbonyl (C=O) groups is 2. The van der Waals surface area contributed by atoms with E-state index in [4.69, 9.17) is 4.74 Å².